The molecule has 1 aromatic carbocycles. The Bertz CT molecular complexity index is 580. The number of rotatable bonds is 3. The van der Waals surface area contributed by atoms with Gasteiger partial charge in [-0.25, -0.2) is 9.78 Å². The molecule has 1 aromatic heterocycles. The van der Waals surface area contributed by atoms with E-state index in [4.69, 9.17) is 4.74 Å². The number of carbonyl (C=O) groups excluding carboxylic acids is 1. The van der Waals surface area contributed by atoms with Crippen LogP contribution in [0.3, 0.4) is 0 Å². The topological polar surface area (TPSA) is 84.1 Å². The van der Waals surface area contributed by atoms with Gasteiger partial charge in [0.15, 0.2) is 0 Å². The van der Waals surface area contributed by atoms with Crippen molar-refractivity contribution in [2.45, 2.75) is 6.61 Å². The second kappa shape index (κ2) is 5.62. The first-order valence-electron chi connectivity index (χ1n) is 5.26. The Labute approximate surface area is 103 Å². The van der Waals surface area contributed by atoms with Crippen molar-refractivity contribution in [1.29, 1.82) is 0 Å². The van der Waals surface area contributed by atoms with Gasteiger partial charge < -0.3 is 9.72 Å². The zero-order chi connectivity index (χ0) is 12.8. The molecule has 0 aliphatic carbocycles. The van der Waals surface area contributed by atoms with Gasteiger partial charge in [0.05, 0.1) is 6.33 Å². The van der Waals surface area contributed by atoms with Crippen LogP contribution in [0.2, 0.25) is 0 Å². The lowest BCUT2D eigenvalue weighted by Crippen LogP contribution is -2.16. The van der Waals surface area contributed by atoms with Crippen LogP contribution in [0.4, 0.5) is 10.6 Å². The minimum absolute atomic E-state index is 0.150. The average Bonchev–Trinajstić information content (AvgIpc) is 2.38. The third-order valence-electron chi connectivity index (χ3n) is 2.12. The molecular formula is C12H11N3O3. The number of nitrogens with zero attached hydrogens (tertiary/aromatic N) is 1. The van der Waals surface area contributed by atoms with Crippen LogP contribution in [-0.2, 0) is 11.3 Å². The molecule has 2 rings (SSSR count). The second-order valence-corrected chi connectivity index (χ2v) is 3.48. The van der Waals surface area contributed by atoms with E-state index in [-0.39, 0.29) is 18.0 Å². The lowest BCUT2D eigenvalue weighted by molar-refractivity contribution is 0.155. The molecule has 0 fully saturated rings. The quantitative estimate of drug-likeness (QED) is 0.858. The van der Waals surface area contributed by atoms with Crippen molar-refractivity contribution in [3.05, 3.63) is 58.6 Å². The van der Waals surface area contributed by atoms with E-state index in [2.05, 4.69) is 15.3 Å². The van der Waals surface area contributed by atoms with E-state index in [1.165, 1.54) is 12.4 Å². The van der Waals surface area contributed by atoms with Crippen molar-refractivity contribution in [1.82, 2.24) is 9.97 Å². The first-order chi connectivity index (χ1) is 8.74. The highest BCUT2D eigenvalue weighted by Gasteiger charge is 2.04. The monoisotopic (exact) mass is 245 g/mol. The summed E-state index contributed by atoms with van der Waals surface area (Å²) < 4.78 is 4.97. The van der Waals surface area contributed by atoms with Gasteiger partial charge in [0.25, 0.3) is 5.56 Å². The summed E-state index contributed by atoms with van der Waals surface area (Å²) in [6, 6.07) is 10.5. The van der Waals surface area contributed by atoms with Gasteiger partial charge in [-0.15, -0.1) is 0 Å². The lowest BCUT2D eigenvalue weighted by atomic mass is 10.2. The summed E-state index contributed by atoms with van der Waals surface area (Å²) >= 11 is 0. The molecule has 2 aromatic rings. The van der Waals surface area contributed by atoms with Gasteiger partial charge in [-0.05, 0) is 5.56 Å². The lowest BCUT2D eigenvalue weighted by Gasteiger charge is -2.05. The summed E-state index contributed by atoms with van der Waals surface area (Å²) in [6.45, 7) is 0.163. The Balaban J connectivity index is 1.88. The number of aromatic amines is 1. The van der Waals surface area contributed by atoms with E-state index in [1.54, 1.807) is 0 Å². The molecule has 0 unspecified atom stereocenters. The molecule has 0 aliphatic rings. The van der Waals surface area contributed by atoms with Gasteiger partial charge in [-0.2, -0.15) is 0 Å². The van der Waals surface area contributed by atoms with Gasteiger partial charge in [0.2, 0.25) is 0 Å². The summed E-state index contributed by atoms with van der Waals surface area (Å²) in [4.78, 5) is 28.5. The van der Waals surface area contributed by atoms with Crippen molar-refractivity contribution in [2.75, 3.05) is 5.32 Å². The molecule has 0 spiro atoms. The van der Waals surface area contributed by atoms with E-state index in [1.807, 2.05) is 30.3 Å². The zero-order valence-electron chi connectivity index (χ0n) is 9.42. The third-order valence-corrected chi connectivity index (χ3v) is 2.12. The maximum absolute atomic E-state index is 11.4. The molecule has 0 aliphatic heterocycles. The van der Waals surface area contributed by atoms with Crippen LogP contribution in [0, 0.1) is 0 Å². The molecule has 1 heterocycles. The molecule has 18 heavy (non-hydrogen) atoms. The van der Waals surface area contributed by atoms with Crippen LogP contribution < -0.4 is 10.9 Å². The van der Waals surface area contributed by atoms with Crippen LogP contribution in [0.1, 0.15) is 5.56 Å². The molecule has 2 N–H and O–H groups in total. The second-order valence-electron chi connectivity index (χ2n) is 3.48. The highest BCUT2D eigenvalue weighted by Crippen LogP contribution is 2.02. The summed E-state index contributed by atoms with van der Waals surface area (Å²) in [5, 5.41) is 2.36. The number of amides is 1. The molecule has 1 amide bonds. The van der Waals surface area contributed by atoms with Gasteiger partial charge in [-0.3, -0.25) is 10.1 Å². The molecular weight excluding hydrogens is 234 g/mol. The smallest absolute Gasteiger partial charge is 0.413 e. The largest absolute Gasteiger partial charge is 0.444 e. The van der Waals surface area contributed by atoms with Crippen LogP contribution in [0.5, 0.6) is 0 Å². The Morgan fingerprint density at radius 1 is 1.33 bits per heavy atom. The minimum Gasteiger partial charge on any atom is -0.444 e. The normalized spacial score (nSPS) is 9.78. The fourth-order valence-electron chi connectivity index (χ4n) is 1.30. The minimum atomic E-state index is -0.656. The Kier molecular flexibility index (Phi) is 3.70. The molecule has 0 saturated heterocycles. The number of aromatic nitrogens is 2. The Morgan fingerprint density at radius 2 is 2.11 bits per heavy atom. The maximum Gasteiger partial charge on any atom is 0.413 e. The van der Waals surface area contributed by atoms with Crippen molar-refractivity contribution in [2.24, 2.45) is 0 Å². The predicted molar refractivity (Wildman–Crippen MR) is 65.1 cm³/mol. The van der Waals surface area contributed by atoms with Crippen LogP contribution >= 0.6 is 0 Å². The van der Waals surface area contributed by atoms with Crippen LogP contribution in [0.15, 0.2) is 47.5 Å². The van der Waals surface area contributed by atoms with E-state index in [0.717, 1.165) is 5.56 Å². The third kappa shape index (κ3) is 3.44. The average molecular weight is 245 g/mol. The van der Waals surface area contributed by atoms with Crippen LogP contribution in [-0.4, -0.2) is 16.1 Å². The maximum atomic E-state index is 11.4. The number of carbonyl (C=O) groups is 1. The molecule has 6 heteroatoms. The number of hydrogen-bond acceptors (Lipinski definition) is 4. The highest BCUT2D eigenvalue weighted by atomic mass is 16.5. The van der Waals surface area contributed by atoms with Crippen LogP contribution in [0.25, 0.3) is 0 Å². The Morgan fingerprint density at radius 3 is 2.83 bits per heavy atom. The van der Waals surface area contributed by atoms with E-state index in [0.29, 0.717) is 0 Å². The zero-order valence-corrected chi connectivity index (χ0v) is 9.42. The van der Waals surface area contributed by atoms with Gasteiger partial charge >= 0.3 is 6.09 Å². The highest BCUT2D eigenvalue weighted by molar-refractivity contribution is 5.83. The molecule has 92 valence electrons. The van der Waals surface area contributed by atoms with Crippen molar-refractivity contribution in [3.63, 3.8) is 0 Å². The van der Waals surface area contributed by atoms with E-state index in [9.17, 15) is 9.59 Å². The van der Waals surface area contributed by atoms with Crippen molar-refractivity contribution >= 4 is 11.9 Å². The number of ether oxygens (including phenoxy) is 1. The number of hydrogen-bond donors (Lipinski definition) is 2. The SMILES string of the molecule is O=C(Nc1cc(=O)[nH]cn1)OCc1ccccc1. The number of nitrogens with one attached hydrogen (secondary N) is 2. The molecule has 0 bridgehead atoms. The molecule has 0 atom stereocenters. The van der Waals surface area contributed by atoms with Gasteiger partial charge in [0, 0.05) is 6.07 Å². The van der Waals surface area contributed by atoms with Gasteiger partial charge in [0.1, 0.15) is 12.4 Å². The summed E-state index contributed by atoms with van der Waals surface area (Å²) in [6.07, 6.45) is 0.548. The summed E-state index contributed by atoms with van der Waals surface area (Å²) in [5.74, 6) is 0.150. The predicted octanol–water partition coefficient (Wildman–Crippen LogP) is 1.52. The molecule has 0 saturated carbocycles. The summed E-state index contributed by atoms with van der Waals surface area (Å²) in [5.41, 5.74) is 0.537. The van der Waals surface area contributed by atoms with Crippen molar-refractivity contribution in [3.8, 4) is 0 Å². The fraction of sp³-hybridized carbons (Fsp3) is 0.0833. The molecule has 6 nitrogen and oxygen atoms in total. The summed E-state index contributed by atoms with van der Waals surface area (Å²) in [7, 11) is 0. The standard InChI is InChI=1S/C12H11N3O3/c16-11-6-10(13-8-14-11)15-12(17)18-7-9-4-2-1-3-5-9/h1-6,8H,7H2,(H2,13,14,15,16,17). The number of anilines is 1. The molecule has 0 radical (unpaired) electrons. The number of H-pyrrole nitrogens is 1. The van der Waals surface area contributed by atoms with E-state index >= 15 is 0 Å². The fourth-order valence-corrected chi connectivity index (χ4v) is 1.30. The first kappa shape index (κ1) is 11.8. The van der Waals surface area contributed by atoms with E-state index < -0.39 is 6.09 Å². The Hall–Kier alpha value is -2.63. The first-order valence-corrected chi connectivity index (χ1v) is 5.26. The van der Waals surface area contributed by atoms with Crippen molar-refractivity contribution < 1.29 is 9.53 Å². The van der Waals surface area contributed by atoms with Gasteiger partial charge in [-0.1, -0.05) is 30.3 Å². The number of benzene rings is 1.